The number of halogens is 1. The molecule has 1 saturated carbocycles. The van der Waals surface area contributed by atoms with E-state index >= 15 is 0 Å². The van der Waals surface area contributed by atoms with Gasteiger partial charge in [-0.3, -0.25) is 4.79 Å². The van der Waals surface area contributed by atoms with Gasteiger partial charge in [-0.05, 0) is 44.2 Å². The molecule has 2 aliphatic rings. The Kier molecular flexibility index (Phi) is 8.45. The molecule has 0 aromatic heterocycles. The summed E-state index contributed by atoms with van der Waals surface area (Å²) in [4.78, 5) is 24.4. The minimum atomic E-state index is -0.538. The van der Waals surface area contributed by atoms with E-state index in [4.69, 9.17) is 4.74 Å². The SMILES string of the molecule is O=C(Nc1ccccc1F)N[C@@H]1CC[C@H](CCNC(=O)C2CCCCC2)O[C@@H]1CO. The summed E-state index contributed by atoms with van der Waals surface area (Å²) in [6, 6.07) is 5.03. The zero-order chi connectivity index (χ0) is 21.3. The van der Waals surface area contributed by atoms with Crippen molar-refractivity contribution in [3.05, 3.63) is 30.1 Å². The lowest BCUT2D eigenvalue weighted by Crippen LogP contribution is -2.52. The van der Waals surface area contributed by atoms with Crippen LogP contribution in [-0.4, -0.2) is 48.4 Å². The second-order valence-electron chi connectivity index (χ2n) is 8.16. The van der Waals surface area contributed by atoms with Crippen LogP contribution in [0.5, 0.6) is 0 Å². The van der Waals surface area contributed by atoms with Crippen molar-refractivity contribution in [3.63, 3.8) is 0 Å². The molecule has 1 saturated heterocycles. The van der Waals surface area contributed by atoms with Gasteiger partial charge in [-0.15, -0.1) is 0 Å². The van der Waals surface area contributed by atoms with E-state index in [9.17, 15) is 19.1 Å². The standard InChI is InChI=1S/C22H32FN3O4/c23-17-8-4-5-9-18(17)25-22(29)26-19-11-10-16(30-20(19)14-27)12-13-24-21(28)15-6-2-1-3-7-15/h4-5,8-9,15-16,19-20,27H,1-3,6-7,10-14H2,(H,24,28)(H2,25,26,29)/t16-,19-,20-/m1/s1. The number of carbonyl (C=O) groups is 2. The fraction of sp³-hybridized carbons (Fsp3) is 0.636. The number of aliphatic hydroxyl groups excluding tert-OH is 1. The monoisotopic (exact) mass is 421 g/mol. The van der Waals surface area contributed by atoms with Crippen molar-refractivity contribution in [3.8, 4) is 0 Å². The summed E-state index contributed by atoms with van der Waals surface area (Å²) in [5, 5.41) is 17.9. The molecule has 1 aliphatic heterocycles. The fourth-order valence-electron chi connectivity index (χ4n) is 4.26. The Bertz CT molecular complexity index is 711. The third-order valence-corrected chi connectivity index (χ3v) is 5.98. The highest BCUT2D eigenvalue weighted by Crippen LogP contribution is 2.24. The Morgan fingerprint density at radius 2 is 1.87 bits per heavy atom. The van der Waals surface area contributed by atoms with E-state index in [2.05, 4.69) is 16.0 Å². The molecule has 8 heteroatoms. The topological polar surface area (TPSA) is 99.7 Å². The van der Waals surface area contributed by atoms with Crippen molar-refractivity contribution < 1.29 is 23.8 Å². The van der Waals surface area contributed by atoms with Crippen molar-refractivity contribution in [2.24, 2.45) is 5.92 Å². The molecule has 1 heterocycles. The van der Waals surface area contributed by atoms with Crippen LogP contribution >= 0.6 is 0 Å². The Morgan fingerprint density at radius 1 is 1.10 bits per heavy atom. The van der Waals surface area contributed by atoms with Gasteiger partial charge in [0, 0.05) is 12.5 Å². The fourth-order valence-corrected chi connectivity index (χ4v) is 4.26. The molecule has 30 heavy (non-hydrogen) atoms. The number of ether oxygens (including phenoxy) is 1. The van der Waals surface area contributed by atoms with Gasteiger partial charge in [0.15, 0.2) is 0 Å². The first-order valence-corrected chi connectivity index (χ1v) is 10.9. The number of benzene rings is 1. The highest BCUT2D eigenvalue weighted by molar-refractivity contribution is 5.89. The Hall–Kier alpha value is -2.19. The molecular formula is C22H32FN3O4. The molecule has 1 aliphatic carbocycles. The van der Waals surface area contributed by atoms with Crippen LogP contribution in [0, 0.1) is 11.7 Å². The first kappa shape index (κ1) is 22.5. The molecule has 1 aromatic carbocycles. The highest BCUT2D eigenvalue weighted by atomic mass is 19.1. The maximum atomic E-state index is 13.7. The predicted molar refractivity (Wildman–Crippen MR) is 112 cm³/mol. The van der Waals surface area contributed by atoms with E-state index in [0.717, 1.165) is 25.7 Å². The van der Waals surface area contributed by atoms with Crippen molar-refractivity contribution in [1.29, 1.82) is 0 Å². The quantitative estimate of drug-likeness (QED) is 0.544. The largest absolute Gasteiger partial charge is 0.394 e. The molecule has 2 fully saturated rings. The number of anilines is 1. The van der Waals surface area contributed by atoms with Crippen molar-refractivity contribution >= 4 is 17.6 Å². The summed E-state index contributed by atoms with van der Waals surface area (Å²) >= 11 is 0. The number of nitrogens with one attached hydrogen (secondary N) is 3. The van der Waals surface area contributed by atoms with E-state index in [1.807, 2.05) is 0 Å². The van der Waals surface area contributed by atoms with E-state index in [0.29, 0.717) is 25.8 Å². The molecule has 3 rings (SSSR count). The van der Waals surface area contributed by atoms with Gasteiger partial charge in [0.05, 0.1) is 24.4 Å². The number of rotatable bonds is 7. The maximum Gasteiger partial charge on any atom is 0.319 e. The number of para-hydroxylation sites is 1. The molecule has 0 radical (unpaired) electrons. The van der Waals surface area contributed by atoms with Crippen LogP contribution in [0.3, 0.4) is 0 Å². The van der Waals surface area contributed by atoms with Gasteiger partial charge in [0.2, 0.25) is 5.91 Å². The highest BCUT2D eigenvalue weighted by Gasteiger charge is 2.32. The summed E-state index contributed by atoms with van der Waals surface area (Å²) in [5.74, 6) is -0.243. The van der Waals surface area contributed by atoms with Crippen LogP contribution in [0.4, 0.5) is 14.9 Å². The second-order valence-corrected chi connectivity index (χ2v) is 8.16. The van der Waals surface area contributed by atoms with Gasteiger partial charge in [0.25, 0.3) is 0 Å². The zero-order valence-corrected chi connectivity index (χ0v) is 17.2. The molecule has 1 aromatic rings. The van der Waals surface area contributed by atoms with Crippen LogP contribution in [0.15, 0.2) is 24.3 Å². The van der Waals surface area contributed by atoms with Crippen molar-refractivity contribution in [1.82, 2.24) is 10.6 Å². The number of hydrogen-bond donors (Lipinski definition) is 4. The van der Waals surface area contributed by atoms with Crippen LogP contribution < -0.4 is 16.0 Å². The minimum Gasteiger partial charge on any atom is -0.394 e. The molecule has 0 spiro atoms. The average molecular weight is 422 g/mol. The molecule has 166 valence electrons. The zero-order valence-electron chi connectivity index (χ0n) is 17.2. The van der Waals surface area contributed by atoms with E-state index in [1.165, 1.54) is 18.6 Å². The van der Waals surface area contributed by atoms with Gasteiger partial charge >= 0.3 is 6.03 Å². The molecule has 3 atom stereocenters. The van der Waals surface area contributed by atoms with Gasteiger partial charge in [-0.1, -0.05) is 31.4 Å². The summed E-state index contributed by atoms with van der Waals surface area (Å²) in [6.45, 7) is 0.319. The molecule has 4 N–H and O–H groups in total. The van der Waals surface area contributed by atoms with E-state index < -0.39 is 18.0 Å². The Labute approximate surface area is 176 Å². The third-order valence-electron chi connectivity index (χ3n) is 5.98. The predicted octanol–water partition coefficient (Wildman–Crippen LogP) is 2.94. The smallest absolute Gasteiger partial charge is 0.319 e. The summed E-state index contributed by atoms with van der Waals surface area (Å²) in [7, 11) is 0. The average Bonchev–Trinajstić information content (AvgIpc) is 2.76. The molecule has 3 amide bonds. The van der Waals surface area contributed by atoms with Gasteiger partial charge in [-0.25, -0.2) is 9.18 Å². The summed E-state index contributed by atoms with van der Waals surface area (Å²) < 4.78 is 19.6. The summed E-state index contributed by atoms with van der Waals surface area (Å²) in [5.41, 5.74) is 0.0962. The molecule has 7 nitrogen and oxygen atoms in total. The van der Waals surface area contributed by atoms with Crippen LogP contribution in [0.1, 0.15) is 51.4 Å². The second kappa shape index (κ2) is 11.3. The minimum absolute atomic E-state index is 0.0820. The Morgan fingerprint density at radius 3 is 2.60 bits per heavy atom. The summed E-state index contributed by atoms with van der Waals surface area (Å²) in [6.07, 6.45) is 6.81. The third kappa shape index (κ3) is 6.40. The maximum absolute atomic E-state index is 13.7. The number of urea groups is 1. The first-order valence-electron chi connectivity index (χ1n) is 10.9. The number of carbonyl (C=O) groups excluding carboxylic acids is 2. The van der Waals surface area contributed by atoms with Crippen LogP contribution in [0.25, 0.3) is 0 Å². The van der Waals surface area contributed by atoms with Gasteiger partial charge in [-0.2, -0.15) is 0 Å². The molecule has 0 unspecified atom stereocenters. The normalized spacial score (nSPS) is 24.8. The lowest BCUT2D eigenvalue weighted by atomic mass is 9.88. The Balaban J connectivity index is 1.40. The van der Waals surface area contributed by atoms with Crippen molar-refractivity contribution in [2.75, 3.05) is 18.5 Å². The van der Waals surface area contributed by atoms with Crippen molar-refractivity contribution in [2.45, 2.75) is 69.6 Å². The molecular weight excluding hydrogens is 389 g/mol. The first-order chi connectivity index (χ1) is 14.6. The van der Waals surface area contributed by atoms with E-state index in [1.54, 1.807) is 12.1 Å². The lowest BCUT2D eigenvalue weighted by molar-refractivity contribution is -0.126. The van der Waals surface area contributed by atoms with Gasteiger partial charge < -0.3 is 25.8 Å². The lowest BCUT2D eigenvalue weighted by Gasteiger charge is -2.36. The number of hydrogen-bond acceptors (Lipinski definition) is 4. The number of aliphatic hydroxyl groups is 1. The van der Waals surface area contributed by atoms with E-state index in [-0.39, 0.29) is 36.3 Å². The molecule has 0 bridgehead atoms. The van der Waals surface area contributed by atoms with Gasteiger partial charge in [0.1, 0.15) is 11.9 Å². The number of amides is 3. The van der Waals surface area contributed by atoms with Crippen LogP contribution in [-0.2, 0) is 9.53 Å². The van der Waals surface area contributed by atoms with Crippen LogP contribution in [0.2, 0.25) is 0 Å².